The van der Waals surface area contributed by atoms with Gasteiger partial charge in [-0.25, -0.2) is 0 Å². The van der Waals surface area contributed by atoms with E-state index < -0.39 is 11.6 Å². The third kappa shape index (κ3) is 7.74. The van der Waals surface area contributed by atoms with Crippen LogP contribution >= 0.6 is 27.5 Å². The minimum absolute atomic E-state index is 0.240. The first kappa shape index (κ1) is 25.0. The minimum Gasteiger partial charge on any atom is -0.497 e. The Balaban J connectivity index is 2.19. The lowest BCUT2D eigenvalue weighted by molar-refractivity contribution is -0.142. The van der Waals surface area contributed by atoms with Gasteiger partial charge in [0.25, 0.3) is 5.91 Å². The summed E-state index contributed by atoms with van der Waals surface area (Å²) in [6, 6.07) is 11.8. The van der Waals surface area contributed by atoms with Gasteiger partial charge in [0.15, 0.2) is 6.61 Å². The van der Waals surface area contributed by atoms with Crippen molar-refractivity contribution < 1.29 is 19.1 Å². The lowest BCUT2D eigenvalue weighted by Gasteiger charge is -2.31. The van der Waals surface area contributed by atoms with E-state index in [-0.39, 0.29) is 25.0 Å². The van der Waals surface area contributed by atoms with Gasteiger partial charge in [0.1, 0.15) is 17.5 Å². The molecule has 1 N–H and O–H groups in total. The second-order valence-corrected chi connectivity index (χ2v) is 9.47. The summed E-state index contributed by atoms with van der Waals surface area (Å²) >= 11 is 9.52. The molecule has 0 aliphatic rings. The fraction of sp³-hybridized carbons (Fsp3) is 0.391. The van der Waals surface area contributed by atoms with Crippen molar-refractivity contribution in [1.82, 2.24) is 10.2 Å². The maximum Gasteiger partial charge on any atom is 0.261 e. The van der Waals surface area contributed by atoms with Crippen LogP contribution in [0, 0.1) is 0 Å². The Morgan fingerprint density at radius 1 is 1.16 bits per heavy atom. The first-order valence-corrected chi connectivity index (χ1v) is 11.0. The number of nitrogens with zero attached hydrogens (tertiary/aromatic N) is 1. The van der Waals surface area contributed by atoms with Gasteiger partial charge >= 0.3 is 0 Å². The van der Waals surface area contributed by atoms with E-state index in [4.69, 9.17) is 21.1 Å². The highest BCUT2D eigenvalue weighted by Crippen LogP contribution is 2.28. The molecule has 0 heterocycles. The van der Waals surface area contributed by atoms with Crippen LogP contribution in [0.25, 0.3) is 0 Å². The fourth-order valence-corrected chi connectivity index (χ4v) is 3.53. The maximum atomic E-state index is 13.1. The minimum atomic E-state index is -0.696. The molecule has 2 rings (SSSR count). The normalized spacial score (nSPS) is 12.1. The quantitative estimate of drug-likeness (QED) is 0.552. The Morgan fingerprint density at radius 2 is 1.81 bits per heavy atom. The predicted octanol–water partition coefficient (Wildman–Crippen LogP) is 4.82. The van der Waals surface area contributed by atoms with Gasteiger partial charge in [-0.2, -0.15) is 0 Å². The van der Waals surface area contributed by atoms with Gasteiger partial charge in [-0.3, -0.25) is 9.59 Å². The predicted molar refractivity (Wildman–Crippen MR) is 126 cm³/mol. The summed E-state index contributed by atoms with van der Waals surface area (Å²) in [4.78, 5) is 27.3. The third-order valence-electron chi connectivity index (χ3n) is 4.42. The Kier molecular flexibility index (Phi) is 8.77. The van der Waals surface area contributed by atoms with E-state index in [1.165, 1.54) is 4.90 Å². The zero-order valence-corrected chi connectivity index (χ0v) is 20.7. The Hall–Kier alpha value is -2.25. The van der Waals surface area contributed by atoms with Gasteiger partial charge < -0.3 is 19.7 Å². The largest absolute Gasteiger partial charge is 0.497 e. The van der Waals surface area contributed by atoms with E-state index in [9.17, 15) is 9.59 Å². The molecule has 31 heavy (non-hydrogen) atoms. The summed E-state index contributed by atoms with van der Waals surface area (Å²) < 4.78 is 11.6. The van der Waals surface area contributed by atoms with E-state index in [1.807, 2.05) is 45.0 Å². The van der Waals surface area contributed by atoms with Crippen LogP contribution in [0.5, 0.6) is 11.5 Å². The summed E-state index contributed by atoms with van der Waals surface area (Å²) in [5, 5.41) is 3.32. The molecule has 0 aliphatic carbocycles. The summed E-state index contributed by atoms with van der Waals surface area (Å²) in [5.41, 5.74) is 0.452. The molecule has 0 aromatic heterocycles. The van der Waals surface area contributed by atoms with Crippen LogP contribution in [-0.4, -0.2) is 42.0 Å². The molecule has 2 aromatic rings. The summed E-state index contributed by atoms with van der Waals surface area (Å²) in [6.07, 6.45) is 0. The van der Waals surface area contributed by atoms with Crippen molar-refractivity contribution in [3.8, 4) is 11.5 Å². The molecule has 0 aliphatic heterocycles. The number of amides is 2. The van der Waals surface area contributed by atoms with Crippen molar-refractivity contribution in [2.45, 2.75) is 45.8 Å². The van der Waals surface area contributed by atoms with Gasteiger partial charge in [-0.05, 0) is 63.6 Å². The van der Waals surface area contributed by atoms with Crippen molar-refractivity contribution in [3.05, 3.63) is 57.5 Å². The molecule has 0 fully saturated rings. The lowest BCUT2D eigenvalue weighted by atomic mass is 10.1. The van der Waals surface area contributed by atoms with Gasteiger partial charge in [-0.15, -0.1) is 0 Å². The highest BCUT2D eigenvalue weighted by atomic mass is 79.9. The van der Waals surface area contributed by atoms with E-state index >= 15 is 0 Å². The number of benzene rings is 2. The van der Waals surface area contributed by atoms with Crippen molar-refractivity contribution in [3.63, 3.8) is 0 Å². The second-order valence-electron chi connectivity index (χ2n) is 8.15. The first-order chi connectivity index (χ1) is 14.5. The van der Waals surface area contributed by atoms with Crippen LogP contribution in [0.2, 0.25) is 5.02 Å². The number of ether oxygens (including phenoxy) is 2. The molecular weight excluding hydrogens is 484 g/mol. The van der Waals surface area contributed by atoms with E-state index in [0.29, 0.717) is 16.5 Å². The molecule has 168 valence electrons. The lowest BCUT2D eigenvalue weighted by Crippen LogP contribution is -2.53. The number of carbonyl (C=O) groups is 2. The molecule has 0 saturated carbocycles. The third-order valence-corrected chi connectivity index (χ3v) is 5.21. The number of nitrogens with one attached hydrogen (secondary N) is 1. The highest BCUT2D eigenvalue weighted by molar-refractivity contribution is 9.10. The van der Waals surface area contributed by atoms with E-state index in [1.54, 1.807) is 32.2 Å². The smallest absolute Gasteiger partial charge is 0.261 e. The van der Waals surface area contributed by atoms with Crippen LogP contribution in [0.1, 0.15) is 33.3 Å². The molecule has 0 unspecified atom stereocenters. The fourth-order valence-electron chi connectivity index (χ4n) is 2.80. The van der Waals surface area contributed by atoms with E-state index in [2.05, 4.69) is 21.2 Å². The van der Waals surface area contributed by atoms with E-state index in [0.717, 1.165) is 10.0 Å². The molecule has 2 amide bonds. The molecule has 0 saturated heterocycles. The summed E-state index contributed by atoms with van der Waals surface area (Å²) in [7, 11) is 1.59. The molecule has 0 radical (unpaired) electrons. The SMILES string of the molecule is COc1ccc(CN(C(=O)COc2ccc(Br)cc2Cl)[C@H](C)C(=O)NC(C)(C)C)cc1. The monoisotopic (exact) mass is 510 g/mol. The summed E-state index contributed by atoms with van der Waals surface area (Å²) in [5.74, 6) is 0.546. The average Bonchev–Trinajstić information content (AvgIpc) is 2.69. The van der Waals surface area contributed by atoms with Crippen LogP contribution in [0.4, 0.5) is 0 Å². The zero-order chi connectivity index (χ0) is 23.2. The Bertz CT molecular complexity index is 913. The van der Waals surface area contributed by atoms with Crippen LogP contribution in [0.3, 0.4) is 0 Å². The van der Waals surface area contributed by atoms with Crippen LogP contribution in [-0.2, 0) is 16.1 Å². The first-order valence-electron chi connectivity index (χ1n) is 9.82. The number of hydrogen-bond acceptors (Lipinski definition) is 4. The molecule has 0 bridgehead atoms. The topological polar surface area (TPSA) is 67.9 Å². The number of rotatable bonds is 8. The zero-order valence-electron chi connectivity index (χ0n) is 18.4. The van der Waals surface area contributed by atoms with Gasteiger partial charge in [0.05, 0.1) is 12.1 Å². The molecule has 0 spiro atoms. The molecule has 1 atom stereocenters. The molecule has 6 nitrogen and oxygen atoms in total. The maximum absolute atomic E-state index is 13.1. The van der Waals surface area contributed by atoms with Crippen molar-refractivity contribution in [2.75, 3.05) is 13.7 Å². The number of carbonyl (C=O) groups excluding carboxylic acids is 2. The van der Waals surface area contributed by atoms with Crippen LogP contribution < -0.4 is 14.8 Å². The molecule has 8 heteroatoms. The molecular formula is C23H28BrClN2O4. The highest BCUT2D eigenvalue weighted by Gasteiger charge is 2.28. The van der Waals surface area contributed by atoms with Gasteiger partial charge in [0.2, 0.25) is 5.91 Å². The number of methoxy groups -OCH3 is 1. The Labute approximate surface area is 197 Å². The van der Waals surface area contributed by atoms with Crippen molar-refractivity contribution in [1.29, 1.82) is 0 Å². The number of hydrogen-bond donors (Lipinski definition) is 1. The molecule has 2 aromatic carbocycles. The Morgan fingerprint density at radius 3 is 2.35 bits per heavy atom. The van der Waals surface area contributed by atoms with Crippen LogP contribution in [0.15, 0.2) is 46.9 Å². The van der Waals surface area contributed by atoms with Gasteiger partial charge in [-0.1, -0.05) is 39.7 Å². The number of halogens is 2. The van der Waals surface area contributed by atoms with Gasteiger partial charge in [0, 0.05) is 16.6 Å². The second kappa shape index (κ2) is 10.9. The summed E-state index contributed by atoms with van der Waals surface area (Å²) in [6.45, 7) is 7.39. The average molecular weight is 512 g/mol. The van der Waals surface area contributed by atoms with Crippen molar-refractivity contribution >= 4 is 39.3 Å². The van der Waals surface area contributed by atoms with Crippen molar-refractivity contribution in [2.24, 2.45) is 0 Å². The standard InChI is InChI=1S/C23H28BrClN2O4/c1-15(22(29)26-23(2,3)4)27(13-16-6-9-18(30-5)10-7-16)21(28)14-31-20-11-8-17(24)12-19(20)25/h6-12,15H,13-14H2,1-5H3,(H,26,29)/t15-/m1/s1.